The van der Waals surface area contributed by atoms with Crippen molar-refractivity contribution in [2.24, 2.45) is 5.73 Å². The zero-order valence-electron chi connectivity index (χ0n) is 16.4. The lowest BCUT2D eigenvalue weighted by Gasteiger charge is -2.36. The molecule has 158 valence electrons. The van der Waals surface area contributed by atoms with E-state index in [1.54, 1.807) is 11.3 Å². The first-order valence-corrected chi connectivity index (χ1v) is 11.4. The summed E-state index contributed by atoms with van der Waals surface area (Å²) in [4.78, 5) is 38.9. The number of carbonyl (C=O) groups excluding carboxylic acids is 2. The molecule has 2 heterocycles. The van der Waals surface area contributed by atoms with Crippen LogP contribution in [0.15, 0.2) is 64.9 Å². The summed E-state index contributed by atoms with van der Waals surface area (Å²) >= 11 is 2.80. The first kappa shape index (κ1) is 21.1. The highest BCUT2D eigenvalue weighted by atomic mass is 32.2. The first-order chi connectivity index (χ1) is 15.0. The third-order valence-corrected chi connectivity index (χ3v) is 7.24. The molecule has 2 amide bonds. The molecule has 0 saturated carbocycles. The van der Waals surface area contributed by atoms with E-state index in [2.05, 4.69) is 6.07 Å². The van der Waals surface area contributed by atoms with Crippen LogP contribution in [0.3, 0.4) is 0 Å². The van der Waals surface area contributed by atoms with E-state index >= 15 is 0 Å². The smallest absolute Gasteiger partial charge is 0.283 e. The number of fused-ring (bicyclic) bond motifs is 1. The predicted molar refractivity (Wildman–Crippen MR) is 120 cm³/mol. The van der Waals surface area contributed by atoms with Gasteiger partial charge in [-0.2, -0.15) is 0 Å². The second-order valence-electron chi connectivity index (χ2n) is 7.04. The summed E-state index contributed by atoms with van der Waals surface area (Å²) in [5, 5.41) is 13.5. The maximum atomic E-state index is 13.2. The van der Waals surface area contributed by atoms with Crippen LogP contribution < -0.4 is 5.73 Å². The lowest BCUT2D eigenvalue weighted by molar-refractivity contribution is -0.387. The zero-order valence-corrected chi connectivity index (χ0v) is 18.0. The highest BCUT2D eigenvalue weighted by molar-refractivity contribution is 8.00. The second-order valence-corrected chi connectivity index (χ2v) is 9.06. The van der Waals surface area contributed by atoms with Crippen molar-refractivity contribution in [3.05, 3.63) is 91.7 Å². The number of hydrogen-bond acceptors (Lipinski definition) is 6. The van der Waals surface area contributed by atoms with Crippen LogP contribution in [0.2, 0.25) is 0 Å². The highest BCUT2D eigenvalue weighted by Crippen LogP contribution is 2.38. The monoisotopic (exact) mass is 453 g/mol. The molecule has 0 aliphatic carbocycles. The molecule has 9 heteroatoms. The van der Waals surface area contributed by atoms with E-state index in [0.29, 0.717) is 11.4 Å². The van der Waals surface area contributed by atoms with Crippen LogP contribution in [0.1, 0.15) is 32.4 Å². The van der Waals surface area contributed by atoms with Crippen molar-refractivity contribution in [3.8, 4) is 0 Å². The summed E-state index contributed by atoms with van der Waals surface area (Å²) in [7, 11) is 0. The highest BCUT2D eigenvalue weighted by Gasteiger charge is 2.32. The number of benzene rings is 2. The van der Waals surface area contributed by atoms with Gasteiger partial charge in [0.2, 0.25) is 11.8 Å². The summed E-state index contributed by atoms with van der Waals surface area (Å²) in [6, 6.07) is 15.8. The van der Waals surface area contributed by atoms with Crippen molar-refractivity contribution >= 4 is 40.6 Å². The third kappa shape index (κ3) is 4.33. The Kier molecular flexibility index (Phi) is 6.06. The number of thioether (sulfide) groups is 1. The third-order valence-electron chi connectivity index (χ3n) is 5.19. The van der Waals surface area contributed by atoms with Gasteiger partial charge in [-0.05, 0) is 41.1 Å². The van der Waals surface area contributed by atoms with Gasteiger partial charge in [0.05, 0.1) is 21.6 Å². The molecule has 0 spiro atoms. The number of thiophene rings is 1. The van der Waals surface area contributed by atoms with Gasteiger partial charge in [-0.1, -0.05) is 30.3 Å². The molecule has 2 aromatic carbocycles. The molecule has 0 bridgehead atoms. The number of hydrogen-bond donors (Lipinski definition) is 1. The van der Waals surface area contributed by atoms with Crippen molar-refractivity contribution < 1.29 is 14.5 Å². The minimum atomic E-state index is -0.735. The van der Waals surface area contributed by atoms with Crippen molar-refractivity contribution in [1.82, 2.24) is 4.90 Å². The number of primary amides is 1. The molecule has 7 nitrogen and oxygen atoms in total. The zero-order chi connectivity index (χ0) is 22.0. The molecule has 1 unspecified atom stereocenters. The van der Waals surface area contributed by atoms with Gasteiger partial charge in [0, 0.05) is 23.1 Å². The van der Waals surface area contributed by atoms with Gasteiger partial charge < -0.3 is 10.6 Å². The predicted octanol–water partition coefficient (Wildman–Crippen LogP) is 4.02. The average Bonchev–Trinajstić information content (AvgIpc) is 3.26. The molecule has 1 atom stereocenters. The van der Waals surface area contributed by atoms with Gasteiger partial charge in [-0.15, -0.1) is 23.1 Å². The minimum Gasteiger partial charge on any atom is -0.366 e. The summed E-state index contributed by atoms with van der Waals surface area (Å²) < 4.78 is 0. The van der Waals surface area contributed by atoms with Gasteiger partial charge in [0.15, 0.2) is 0 Å². The van der Waals surface area contributed by atoms with E-state index in [4.69, 9.17) is 5.73 Å². The molecular formula is C22H19N3O4S2. The van der Waals surface area contributed by atoms with Crippen molar-refractivity contribution in [1.29, 1.82) is 0 Å². The van der Waals surface area contributed by atoms with Crippen molar-refractivity contribution in [3.63, 3.8) is 0 Å². The molecule has 1 aromatic heterocycles. The van der Waals surface area contributed by atoms with Crippen LogP contribution in [0.4, 0.5) is 5.69 Å². The summed E-state index contributed by atoms with van der Waals surface area (Å²) in [5.41, 5.74) is 7.23. The molecular weight excluding hydrogens is 434 g/mol. The standard InChI is InChI=1S/C22H19N3O4S2/c23-22(27)15-6-7-19(17(12-15)25(28)29)31-13-20(26)24-10-8-18-16(9-11-30-18)21(24)14-4-2-1-3-5-14/h1-7,9,11-12,21H,8,10,13H2,(H2,23,27). The Morgan fingerprint density at radius 1 is 1.19 bits per heavy atom. The second kappa shape index (κ2) is 8.91. The van der Waals surface area contributed by atoms with Gasteiger partial charge >= 0.3 is 0 Å². The van der Waals surface area contributed by atoms with E-state index in [-0.39, 0.29) is 29.0 Å². The lowest BCUT2D eigenvalue weighted by Crippen LogP contribution is -2.41. The van der Waals surface area contributed by atoms with E-state index in [1.807, 2.05) is 40.6 Å². The van der Waals surface area contributed by atoms with Gasteiger partial charge in [-0.25, -0.2) is 0 Å². The molecule has 0 radical (unpaired) electrons. The Bertz CT molecular complexity index is 1150. The quantitative estimate of drug-likeness (QED) is 0.345. The van der Waals surface area contributed by atoms with E-state index in [9.17, 15) is 19.7 Å². The normalized spacial score (nSPS) is 15.4. The van der Waals surface area contributed by atoms with Crippen LogP contribution in [0.5, 0.6) is 0 Å². The van der Waals surface area contributed by atoms with Crippen molar-refractivity contribution in [2.45, 2.75) is 17.4 Å². The molecule has 0 saturated heterocycles. The Labute approximate surface area is 187 Å². The van der Waals surface area contributed by atoms with E-state index in [0.717, 1.165) is 35.4 Å². The topological polar surface area (TPSA) is 107 Å². The fourth-order valence-corrected chi connectivity index (χ4v) is 5.53. The Balaban J connectivity index is 1.57. The Hall–Kier alpha value is -3.17. The maximum absolute atomic E-state index is 13.2. The number of nitro groups is 1. The number of carbonyl (C=O) groups is 2. The van der Waals surface area contributed by atoms with Crippen LogP contribution in [0.25, 0.3) is 0 Å². The van der Waals surface area contributed by atoms with Crippen molar-refractivity contribution in [2.75, 3.05) is 12.3 Å². The van der Waals surface area contributed by atoms with E-state index in [1.165, 1.54) is 17.0 Å². The number of nitro benzene ring substituents is 1. The van der Waals surface area contributed by atoms with Crippen LogP contribution in [-0.4, -0.2) is 33.9 Å². The average molecular weight is 454 g/mol. The number of amides is 2. The number of nitrogens with two attached hydrogens (primary N) is 1. The lowest BCUT2D eigenvalue weighted by atomic mass is 9.93. The Morgan fingerprint density at radius 3 is 2.68 bits per heavy atom. The largest absolute Gasteiger partial charge is 0.366 e. The Morgan fingerprint density at radius 2 is 1.97 bits per heavy atom. The molecule has 0 fully saturated rings. The molecule has 4 rings (SSSR count). The fourth-order valence-electron chi connectivity index (χ4n) is 3.74. The molecule has 3 aromatic rings. The molecule has 2 N–H and O–H groups in total. The molecule has 31 heavy (non-hydrogen) atoms. The fraction of sp³-hybridized carbons (Fsp3) is 0.182. The molecule has 1 aliphatic rings. The van der Waals surface area contributed by atoms with Crippen LogP contribution >= 0.6 is 23.1 Å². The summed E-state index contributed by atoms with van der Waals surface area (Å²) in [6.45, 7) is 0.592. The number of rotatable bonds is 6. The van der Waals surface area contributed by atoms with Gasteiger partial charge in [0.25, 0.3) is 5.69 Å². The van der Waals surface area contributed by atoms with Crippen LogP contribution in [0, 0.1) is 10.1 Å². The van der Waals surface area contributed by atoms with E-state index < -0.39 is 10.8 Å². The number of nitrogens with zero attached hydrogens (tertiary/aromatic N) is 2. The van der Waals surface area contributed by atoms with Gasteiger partial charge in [0.1, 0.15) is 0 Å². The summed E-state index contributed by atoms with van der Waals surface area (Å²) in [5.74, 6) is -0.773. The SMILES string of the molecule is NC(=O)c1ccc(SCC(=O)N2CCc3sccc3C2c2ccccc2)c([N+](=O)[O-])c1. The first-order valence-electron chi connectivity index (χ1n) is 9.57. The summed E-state index contributed by atoms with van der Waals surface area (Å²) in [6.07, 6.45) is 0.792. The van der Waals surface area contributed by atoms with Gasteiger partial charge in [-0.3, -0.25) is 19.7 Å². The molecule has 1 aliphatic heterocycles. The minimum absolute atomic E-state index is 0.0551. The van der Waals surface area contributed by atoms with Crippen LogP contribution in [-0.2, 0) is 11.2 Å². The maximum Gasteiger partial charge on any atom is 0.283 e.